The maximum absolute atomic E-state index is 13.9. The summed E-state index contributed by atoms with van der Waals surface area (Å²) in [7, 11) is 0. The van der Waals surface area contributed by atoms with Gasteiger partial charge < -0.3 is 19.5 Å². The zero-order chi connectivity index (χ0) is 25.7. The predicted molar refractivity (Wildman–Crippen MR) is 130 cm³/mol. The highest BCUT2D eigenvalue weighted by atomic mass is 79.9. The number of carbonyl (C=O) groups excluding carboxylic acids is 2. The van der Waals surface area contributed by atoms with Crippen molar-refractivity contribution < 1.29 is 28.2 Å². The van der Waals surface area contributed by atoms with Gasteiger partial charge in [0.2, 0.25) is 5.96 Å². The summed E-state index contributed by atoms with van der Waals surface area (Å²) < 4.78 is 31.5. The third-order valence-corrected chi connectivity index (χ3v) is 6.20. The fraction of sp³-hybridized carbons (Fsp3) is 0.435. The lowest BCUT2D eigenvalue weighted by Crippen LogP contribution is -2.45. The van der Waals surface area contributed by atoms with Crippen molar-refractivity contribution in [2.75, 3.05) is 46.1 Å². The lowest BCUT2D eigenvalue weighted by molar-refractivity contribution is -0.139. The number of rotatable bonds is 7. The molecule has 1 unspecified atom stereocenters. The van der Waals surface area contributed by atoms with Crippen molar-refractivity contribution in [3.63, 3.8) is 0 Å². The van der Waals surface area contributed by atoms with Crippen molar-refractivity contribution in [2.45, 2.75) is 19.9 Å². The van der Waals surface area contributed by atoms with Gasteiger partial charge in [-0.25, -0.2) is 24.0 Å². The topological polar surface area (TPSA) is 120 Å². The monoisotopic (exact) mass is 564 g/mol. The molecule has 2 aliphatic rings. The van der Waals surface area contributed by atoms with Crippen LogP contribution in [0.5, 0.6) is 0 Å². The van der Waals surface area contributed by atoms with E-state index in [1.54, 1.807) is 19.9 Å². The summed E-state index contributed by atoms with van der Waals surface area (Å²) in [5, 5.41) is 7.38. The second-order valence-electron chi connectivity index (χ2n) is 7.88. The molecule has 2 aliphatic heterocycles. The molecule has 0 saturated carbocycles. The zero-order valence-corrected chi connectivity index (χ0v) is 21.5. The van der Waals surface area contributed by atoms with Gasteiger partial charge in [-0.3, -0.25) is 4.90 Å². The molecule has 1 aromatic carbocycles. The van der Waals surface area contributed by atoms with Gasteiger partial charge in [0.1, 0.15) is 18.2 Å². The number of carbonyl (C=O) groups is 2. The minimum Gasteiger partial charge on any atom is -0.463 e. The quantitative estimate of drug-likeness (QED) is 0.503. The first kappa shape index (κ1) is 25.9. The van der Waals surface area contributed by atoms with E-state index in [9.17, 15) is 14.0 Å². The third-order valence-electron chi connectivity index (χ3n) is 5.52. The summed E-state index contributed by atoms with van der Waals surface area (Å²) in [6, 6.07) is 3.33. The highest BCUT2D eigenvalue weighted by Crippen LogP contribution is 2.36. The van der Waals surface area contributed by atoms with Gasteiger partial charge >= 0.3 is 11.9 Å². The van der Waals surface area contributed by atoms with Crippen molar-refractivity contribution in [3.8, 4) is 0 Å². The Morgan fingerprint density at radius 2 is 1.92 bits per heavy atom. The van der Waals surface area contributed by atoms with E-state index in [0.29, 0.717) is 54.2 Å². The number of ether oxygens (including phenoxy) is 3. The molecule has 2 aromatic rings. The Labute approximate surface area is 215 Å². The number of morpholine rings is 1. The summed E-state index contributed by atoms with van der Waals surface area (Å²) in [6.07, 6.45) is 1.33. The second kappa shape index (κ2) is 11.7. The lowest BCUT2D eigenvalue weighted by atomic mass is 9.95. The van der Waals surface area contributed by atoms with Gasteiger partial charge in [0, 0.05) is 29.8 Å². The lowest BCUT2D eigenvalue weighted by Gasteiger charge is -2.32. The molecule has 1 N–H and O–H groups in total. The van der Waals surface area contributed by atoms with Crippen molar-refractivity contribution in [1.82, 2.24) is 25.0 Å². The number of aliphatic imine (C=N–C) groups is 1. The molecule has 11 nitrogen and oxygen atoms in total. The molecule has 1 saturated heterocycles. The Morgan fingerprint density at radius 3 is 2.61 bits per heavy atom. The highest BCUT2D eigenvalue weighted by Gasteiger charge is 2.35. The standard InChI is InChI=1S/C23H26BrFN6O5/c1-3-35-21(32)18-17(12-30-7-9-34-10-8-30)27-23(31-13-26-20(29-31)22(33)36-4-2)28-19(18)15-6-5-14(25)11-16(15)24/h5-6,11,13,19H,3-4,7-10,12H2,1-2H3,(H,27,28). The fourth-order valence-corrected chi connectivity index (χ4v) is 4.42. The van der Waals surface area contributed by atoms with E-state index in [4.69, 9.17) is 19.2 Å². The minimum absolute atomic E-state index is 0.129. The van der Waals surface area contributed by atoms with Crippen molar-refractivity contribution in [1.29, 1.82) is 0 Å². The van der Waals surface area contributed by atoms with Gasteiger partial charge in [-0.05, 0) is 31.5 Å². The smallest absolute Gasteiger partial charge is 0.378 e. The number of benzene rings is 1. The Kier molecular flexibility index (Phi) is 8.44. The number of nitrogens with zero attached hydrogens (tertiary/aromatic N) is 5. The minimum atomic E-state index is -0.846. The predicted octanol–water partition coefficient (Wildman–Crippen LogP) is 2.05. The van der Waals surface area contributed by atoms with Crippen LogP contribution in [0.4, 0.5) is 4.39 Å². The molecule has 13 heteroatoms. The molecule has 0 spiro atoms. The fourth-order valence-electron chi connectivity index (χ4n) is 3.86. The second-order valence-corrected chi connectivity index (χ2v) is 8.73. The number of aromatic nitrogens is 3. The first-order valence-electron chi connectivity index (χ1n) is 11.5. The van der Waals surface area contributed by atoms with Crippen LogP contribution >= 0.6 is 15.9 Å². The normalized spacial score (nSPS) is 18.4. The molecule has 1 atom stereocenters. The molecule has 1 aromatic heterocycles. The molecule has 3 heterocycles. The maximum Gasteiger partial charge on any atom is 0.378 e. The zero-order valence-electron chi connectivity index (χ0n) is 19.9. The molecule has 0 bridgehead atoms. The maximum atomic E-state index is 13.9. The summed E-state index contributed by atoms with van der Waals surface area (Å²) in [5.74, 6) is -1.54. The van der Waals surface area contributed by atoms with E-state index in [0.717, 1.165) is 0 Å². The Hall–Kier alpha value is -3.16. The van der Waals surface area contributed by atoms with Gasteiger partial charge in [-0.15, -0.1) is 5.10 Å². The summed E-state index contributed by atoms with van der Waals surface area (Å²) in [4.78, 5) is 36.2. The molecule has 192 valence electrons. The summed E-state index contributed by atoms with van der Waals surface area (Å²) in [5.41, 5.74) is 1.41. The van der Waals surface area contributed by atoms with Crippen LogP contribution in [-0.4, -0.2) is 83.6 Å². The molecule has 0 amide bonds. The van der Waals surface area contributed by atoms with Crippen molar-refractivity contribution in [2.24, 2.45) is 4.99 Å². The Balaban J connectivity index is 1.80. The van der Waals surface area contributed by atoms with Crippen LogP contribution in [-0.2, 0) is 19.0 Å². The van der Waals surface area contributed by atoms with E-state index in [1.165, 1.54) is 23.1 Å². The Bertz CT molecular complexity index is 1190. The van der Waals surface area contributed by atoms with Crippen molar-refractivity contribution >= 4 is 33.8 Å². The first-order valence-corrected chi connectivity index (χ1v) is 12.3. The van der Waals surface area contributed by atoms with Crippen LogP contribution in [0.2, 0.25) is 0 Å². The molecular formula is C23H26BrFN6O5. The number of hydrogen-bond donors (Lipinski definition) is 1. The van der Waals surface area contributed by atoms with Crippen LogP contribution in [0.25, 0.3) is 0 Å². The van der Waals surface area contributed by atoms with E-state index >= 15 is 0 Å². The largest absolute Gasteiger partial charge is 0.463 e. The van der Waals surface area contributed by atoms with E-state index in [-0.39, 0.29) is 25.0 Å². The highest BCUT2D eigenvalue weighted by molar-refractivity contribution is 9.10. The molecule has 0 radical (unpaired) electrons. The van der Waals surface area contributed by atoms with Crippen LogP contribution in [0.15, 0.2) is 45.3 Å². The average Bonchev–Trinajstić information content (AvgIpc) is 3.35. The number of esters is 2. The number of halogens is 2. The van der Waals surface area contributed by atoms with Gasteiger partial charge in [0.15, 0.2) is 0 Å². The van der Waals surface area contributed by atoms with Crippen LogP contribution in [0.1, 0.15) is 36.1 Å². The van der Waals surface area contributed by atoms with Gasteiger partial charge in [-0.2, -0.15) is 4.68 Å². The summed E-state index contributed by atoms with van der Waals surface area (Å²) in [6.45, 7) is 6.64. The van der Waals surface area contributed by atoms with E-state index in [2.05, 4.69) is 36.2 Å². The van der Waals surface area contributed by atoms with Gasteiger partial charge in [0.25, 0.3) is 5.82 Å². The SMILES string of the molecule is CCOC(=O)C1=C(CN2CCOCC2)NC(n2cnc(C(=O)OCC)n2)=NC1c1ccc(F)cc1Br. The van der Waals surface area contributed by atoms with Gasteiger partial charge in [0.05, 0.1) is 32.0 Å². The van der Waals surface area contributed by atoms with Gasteiger partial charge in [-0.1, -0.05) is 22.0 Å². The molecule has 36 heavy (non-hydrogen) atoms. The van der Waals surface area contributed by atoms with Crippen molar-refractivity contribution in [3.05, 3.63) is 57.5 Å². The van der Waals surface area contributed by atoms with Crippen LogP contribution < -0.4 is 5.32 Å². The van der Waals surface area contributed by atoms with Crippen LogP contribution in [0, 0.1) is 5.82 Å². The van der Waals surface area contributed by atoms with Crippen LogP contribution in [0.3, 0.4) is 0 Å². The molecular weight excluding hydrogens is 539 g/mol. The van der Waals surface area contributed by atoms with E-state index < -0.39 is 23.8 Å². The molecule has 0 aliphatic carbocycles. The number of hydrogen-bond acceptors (Lipinski definition) is 10. The van der Waals surface area contributed by atoms with E-state index in [1.807, 2.05) is 0 Å². The molecule has 1 fully saturated rings. The first-order chi connectivity index (χ1) is 17.4. The Morgan fingerprint density at radius 1 is 1.19 bits per heavy atom. The number of nitrogens with one attached hydrogen (secondary N) is 1. The third kappa shape index (κ3) is 5.79. The average molecular weight is 565 g/mol. The summed E-state index contributed by atoms with van der Waals surface area (Å²) >= 11 is 3.41. The molecule has 4 rings (SSSR count).